The number of aliphatic imine (C=N–C) groups is 1. The summed E-state index contributed by atoms with van der Waals surface area (Å²) in [6.45, 7) is 1.32. The van der Waals surface area contributed by atoms with Gasteiger partial charge in [-0.1, -0.05) is 0 Å². The molecule has 0 fully saturated rings. The Labute approximate surface area is 102 Å². The monoisotopic (exact) mass is 255 g/mol. The van der Waals surface area contributed by atoms with Crippen LogP contribution in [0.2, 0.25) is 0 Å². The van der Waals surface area contributed by atoms with Crippen LogP contribution in [-0.2, 0) is 17.3 Å². The summed E-state index contributed by atoms with van der Waals surface area (Å²) in [5.41, 5.74) is 0.0147. The van der Waals surface area contributed by atoms with Gasteiger partial charge in [-0.2, -0.15) is 0 Å². The van der Waals surface area contributed by atoms with Crippen molar-refractivity contribution in [2.24, 2.45) is 4.99 Å². The smallest absolute Gasteiger partial charge is 0.270 e. The number of nitrogens with zero attached hydrogens (tertiary/aromatic N) is 1. The van der Waals surface area contributed by atoms with Crippen molar-refractivity contribution in [1.29, 1.82) is 0 Å². The Balaban J connectivity index is 2.50. The van der Waals surface area contributed by atoms with Crippen LogP contribution in [0.15, 0.2) is 17.1 Å². The summed E-state index contributed by atoms with van der Waals surface area (Å²) < 4.78 is 37.5. The molecule has 1 aromatic rings. The van der Waals surface area contributed by atoms with Crippen LogP contribution < -0.4 is 9.47 Å². The zero-order valence-corrected chi connectivity index (χ0v) is 9.70. The fraction of sp³-hybridized carbons (Fsp3) is 0.417. The summed E-state index contributed by atoms with van der Waals surface area (Å²) in [5.74, 6) is -2.36. The van der Waals surface area contributed by atoms with E-state index < -0.39 is 5.92 Å². The minimum atomic E-state index is -3.04. The van der Waals surface area contributed by atoms with E-state index in [-0.39, 0.29) is 23.4 Å². The van der Waals surface area contributed by atoms with Gasteiger partial charge in [-0.05, 0) is 17.7 Å². The SMILES string of the molecule is CC(F)(F)c1cc2c(cc1CN=C=O)OCCO2. The van der Waals surface area contributed by atoms with Gasteiger partial charge < -0.3 is 9.47 Å². The van der Waals surface area contributed by atoms with Crippen molar-refractivity contribution in [3.8, 4) is 11.5 Å². The summed E-state index contributed by atoms with van der Waals surface area (Å²) in [6, 6.07) is 2.67. The predicted molar refractivity (Wildman–Crippen MR) is 58.8 cm³/mol. The molecule has 1 aliphatic heterocycles. The molecule has 18 heavy (non-hydrogen) atoms. The molecule has 0 radical (unpaired) electrons. The Morgan fingerprint density at radius 1 is 1.33 bits per heavy atom. The minimum absolute atomic E-state index is 0.154. The maximum absolute atomic E-state index is 13.5. The molecule has 0 aromatic heterocycles. The van der Waals surface area contributed by atoms with Crippen LogP contribution >= 0.6 is 0 Å². The Hall–Kier alpha value is -1.94. The fourth-order valence-electron chi connectivity index (χ4n) is 1.79. The molecule has 0 bridgehead atoms. The molecule has 0 spiro atoms. The lowest BCUT2D eigenvalue weighted by Crippen LogP contribution is -2.18. The average Bonchev–Trinajstić information content (AvgIpc) is 2.34. The number of ether oxygens (including phenoxy) is 2. The summed E-state index contributed by atoms with van der Waals surface area (Å²) in [6.07, 6.45) is 1.33. The van der Waals surface area contributed by atoms with Crippen LogP contribution in [0.5, 0.6) is 11.5 Å². The van der Waals surface area contributed by atoms with Crippen molar-refractivity contribution in [1.82, 2.24) is 0 Å². The quantitative estimate of drug-likeness (QED) is 0.615. The summed E-state index contributed by atoms with van der Waals surface area (Å²) in [7, 11) is 0. The average molecular weight is 255 g/mol. The number of hydrogen-bond acceptors (Lipinski definition) is 4. The molecule has 1 heterocycles. The number of isocyanates is 1. The van der Waals surface area contributed by atoms with E-state index >= 15 is 0 Å². The first kappa shape index (κ1) is 12.5. The van der Waals surface area contributed by atoms with Crippen LogP contribution in [-0.4, -0.2) is 19.3 Å². The first-order valence-corrected chi connectivity index (χ1v) is 5.37. The first-order chi connectivity index (χ1) is 8.52. The second-order valence-electron chi connectivity index (χ2n) is 3.95. The van der Waals surface area contributed by atoms with Gasteiger partial charge in [0.25, 0.3) is 5.92 Å². The Morgan fingerprint density at radius 2 is 1.94 bits per heavy atom. The number of rotatable bonds is 3. The number of fused-ring (bicyclic) bond motifs is 1. The predicted octanol–water partition coefficient (Wildman–Crippen LogP) is 2.41. The first-order valence-electron chi connectivity index (χ1n) is 5.37. The second kappa shape index (κ2) is 4.74. The summed E-state index contributed by atoms with van der Waals surface area (Å²) in [4.78, 5) is 13.4. The molecule has 1 aliphatic rings. The standard InChI is InChI=1S/C12H11F2NO3/c1-12(13,14)9-5-11-10(17-2-3-18-11)4-8(9)6-15-7-16/h4-5H,2-3,6H2,1H3. The maximum Gasteiger partial charge on any atom is 0.270 e. The van der Waals surface area contributed by atoms with Gasteiger partial charge in [0.05, 0.1) is 6.54 Å². The molecule has 0 unspecified atom stereocenters. The minimum Gasteiger partial charge on any atom is -0.486 e. The molecule has 0 amide bonds. The molecule has 6 heteroatoms. The lowest BCUT2D eigenvalue weighted by Gasteiger charge is -2.22. The van der Waals surface area contributed by atoms with Crippen LogP contribution in [0.25, 0.3) is 0 Å². The fourth-order valence-corrected chi connectivity index (χ4v) is 1.79. The maximum atomic E-state index is 13.5. The summed E-state index contributed by atoms with van der Waals surface area (Å²) >= 11 is 0. The Morgan fingerprint density at radius 3 is 2.50 bits per heavy atom. The second-order valence-corrected chi connectivity index (χ2v) is 3.95. The van der Waals surface area contributed by atoms with E-state index in [1.54, 1.807) is 0 Å². The van der Waals surface area contributed by atoms with Crippen LogP contribution in [0.4, 0.5) is 8.78 Å². The molecule has 0 saturated carbocycles. The third kappa shape index (κ3) is 2.49. The zero-order valence-electron chi connectivity index (χ0n) is 9.70. The van der Waals surface area contributed by atoms with Gasteiger partial charge in [0.1, 0.15) is 13.2 Å². The number of alkyl halides is 2. The molecule has 0 atom stereocenters. The van der Waals surface area contributed by atoms with Gasteiger partial charge in [0.15, 0.2) is 11.5 Å². The van der Waals surface area contributed by atoms with E-state index in [4.69, 9.17) is 9.47 Å². The lowest BCUT2D eigenvalue weighted by molar-refractivity contribution is 0.0160. The number of hydrogen-bond donors (Lipinski definition) is 0. The number of carbonyl (C=O) groups excluding carboxylic acids is 1. The molecule has 1 aromatic carbocycles. The van der Waals surface area contributed by atoms with Crippen molar-refractivity contribution in [2.45, 2.75) is 19.4 Å². The molecule has 96 valence electrons. The third-order valence-electron chi connectivity index (χ3n) is 2.55. The lowest BCUT2D eigenvalue weighted by atomic mass is 10.0. The van der Waals surface area contributed by atoms with E-state index in [0.717, 1.165) is 6.92 Å². The molecule has 0 N–H and O–H groups in total. The highest BCUT2D eigenvalue weighted by atomic mass is 19.3. The van der Waals surface area contributed by atoms with E-state index in [9.17, 15) is 13.6 Å². The molecular weight excluding hydrogens is 244 g/mol. The Kier molecular flexibility index (Phi) is 3.30. The van der Waals surface area contributed by atoms with Gasteiger partial charge in [-0.3, -0.25) is 0 Å². The third-order valence-corrected chi connectivity index (χ3v) is 2.55. The van der Waals surface area contributed by atoms with Crippen molar-refractivity contribution in [3.63, 3.8) is 0 Å². The highest BCUT2D eigenvalue weighted by molar-refractivity contribution is 5.50. The zero-order chi connectivity index (χ0) is 13.2. The number of halogens is 2. The van der Waals surface area contributed by atoms with E-state index in [1.165, 1.54) is 18.2 Å². The molecule has 0 saturated heterocycles. The van der Waals surface area contributed by atoms with Gasteiger partial charge >= 0.3 is 0 Å². The van der Waals surface area contributed by atoms with Crippen LogP contribution in [0, 0.1) is 0 Å². The van der Waals surface area contributed by atoms with Crippen LogP contribution in [0.3, 0.4) is 0 Å². The molecule has 0 aliphatic carbocycles. The van der Waals surface area contributed by atoms with Crippen molar-refractivity contribution >= 4 is 6.08 Å². The van der Waals surface area contributed by atoms with E-state index in [2.05, 4.69) is 4.99 Å². The number of benzene rings is 1. The van der Waals surface area contributed by atoms with Gasteiger partial charge in [-0.25, -0.2) is 18.6 Å². The molecular formula is C12H11F2NO3. The van der Waals surface area contributed by atoms with Crippen LogP contribution in [0.1, 0.15) is 18.1 Å². The Bertz CT molecular complexity index is 505. The van der Waals surface area contributed by atoms with Gasteiger partial charge in [-0.15, -0.1) is 0 Å². The molecule has 2 rings (SSSR count). The van der Waals surface area contributed by atoms with Gasteiger partial charge in [0, 0.05) is 12.5 Å². The highest BCUT2D eigenvalue weighted by Crippen LogP contribution is 2.39. The normalized spacial score (nSPS) is 13.9. The van der Waals surface area contributed by atoms with Crippen molar-refractivity contribution in [3.05, 3.63) is 23.3 Å². The topological polar surface area (TPSA) is 47.9 Å². The van der Waals surface area contributed by atoms with E-state index in [1.807, 2.05) is 0 Å². The van der Waals surface area contributed by atoms with Crippen molar-refractivity contribution in [2.75, 3.05) is 13.2 Å². The largest absolute Gasteiger partial charge is 0.486 e. The van der Waals surface area contributed by atoms with E-state index in [0.29, 0.717) is 19.0 Å². The van der Waals surface area contributed by atoms with Gasteiger partial charge in [0.2, 0.25) is 6.08 Å². The van der Waals surface area contributed by atoms with Crippen molar-refractivity contribution < 1.29 is 23.0 Å². The highest BCUT2D eigenvalue weighted by Gasteiger charge is 2.30. The molecule has 4 nitrogen and oxygen atoms in total. The summed E-state index contributed by atoms with van der Waals surface area (Å²) in [5, 5.41) is 0.